The van der Waals surface area contributed by atoms with Crippen molar-refractivity contribution in [3.05, 3.63) is 0 Å². The molecule has 1 unspecified atom stereocenters. The lowest BCUT2D eigenvalue weighted by Gasteiger charge is -2.49. The number of carbonyl (C=O) groups is 3. The number of aliphatic hydroxyl groups is 14. The van der Waals surface area contributed by atoms with E-state index in [9.17, 15) is 85.9 Å². The molecule has 5 saturated heterocycles. The SMILES string of the molecule is CC(=O)N[C@H]1[C@H](O[C@H]2[C@H](O)[C@@H](NC(C)=O)C(O)O[C@@H]2CO)O[C@H](CO)[C@@H](O[C@@H]2O[C@H](CO[C@H]3O[C@H](CO)[C@@H](O)[C@H](O)[C@@H]3O[C@@H]3O[C@H](CO)[C@@H](O)[C@H](O)[C@H]3NC(C)=O)[C@@H](O)[C@H](O)[C@@H]2O)[C@@H]1O. The molecule has 25 atom stereocenters. The van der Waals surface area contributed by atoms with E-state index in [1.54, 1.807) is 0 Å². The number of amides is 3. The molecule has 65 heavy (non-hydrogen) atoms. The van der Waals surface area contributed by atoms with Crippen molar-refractivity contribution in [2.45, 2.75) is 174 Å². The second-order valence-electron chi connectivity index (χ2n) is 16.2. The molecule has 0 saturated carbocycles. The van der Waals surface area contributed by atoms with Crippen LogP contribution in [0.25, 0.3) is 0 Å². The van der Waals surface area contributed by atoms with E-state index in [2.05, 4.69) is 16.0 Å². The van der Waals surface area contributed by atoms with E-state index in [4.69, 9.17) is 42.6 Å². The molecule has 3 amide bonds. The van der Waals surface area contributed by atoms with Crippen molar-refractivity contribution >= 4 is 17.7 Å². The van der Waals surface area contributed by atoms with Gasteiger partial charge in [-0.2, -0.15) is 0 Å². The molecule has 29 nitrogen and oxygen atoms in total. The lowest BCUT2D eigenvalue weighted by molar-refractivity contribution is -0.373. The summed E-state index contributed by atoms with van der Waals surface area (Å²) in [6.45, 7) is -1.20. The van der Waals surface area contributed by atoms with E-state index < -0.39 is 204 Å². The Labute approximate surface area is 369 Å². The van der Waals surface area contributed by atoms with E-state index in [1.807, 2.05) is 0 Å². The molecule has 0 aromatic carbocycles. The molecule has 17 N–H and O–H groups in total. The van der Waals surface area contributed by atoms with Gasteiger partial charge < -0.3 is 130 Å². The third-order valence-electron chi connectivity index (χ3n) is 11.5. The van der Waals surface area contributed by atoms with Crippen molar-refractivity contribution in [1.82, 2.24) is 16.0 Å². The van der Waals surface area contributed by atoms with Gasteiger partial charge in [0.1, 0.15) is 122 Å². The van der Waals surface area contributed by atoms with Gasteiger partial charge in [-0.25, -0.2) is 0 Å². The summed E-state index contributed by atoms with van der Waals surface area (Å²) in [6.07, 6.45) is -39.6. The van der Waals surface area contributed by atoms with Crippen LogP contribution in [0.15, 0.2) is 0 Å². The zero-order chi connectivity index (χ0) is 48.2. The fourth-order valence-corrected chi connectivity index (χ4v) is 8.12. The maximum absolute atomic E-state index is 12.4. The van der Waals surface area contributed by atoms with Crippen LogP contribution in [0.2, 0.25) is 0 Å². The maximum atomic E-state index is 12.4. The highest BCUT2D eigenvalue weighted by Crippen LogP contribution is 2.34. The van der Waals surface area contributed by atoms with Crippen LogP contribution in [-0.2, 0) is 57.0 Å². The standard InChI is InChI=1S/C36H61N3O26/c1-9(44)37-17-24(51)29(14(6-42)58-32(17)56)63-34-19(39-11(3)46)25(52)30(15(7-43)61-34)64-35-28(55)26(53)22(49)16(62-35)8-57-36-31(27(54)21(48)13(5-41)60-36)65-33-18(38-10(2)45)23(50)20(47)12(4-40)59-33/h12-36,40-43,47-56H,4-8H2,1-3H3,(H,37,44)(H,38,45)(H,39,46)/t12-,13-,14-,15-,16-,17-,18-,19-,20-,21-,22-,23-,24-,25-,26+,27+,28+,29-,30-,31+,32?,33+,34+,35+,36+/m1/s1. The lowest BCUT2D eigenvalue weighted by atomic mass is 9.94. The Morgan fingerprint density at radius 2 is 0.785 bits per heavy atom. The first kappa shape index (κ1) is 53.4. The normalized spacial score (nSPS) is 47.1. The van der Waals surface area contributed by atoms with Gasteiger partial charge in [0.2, 0.25) is 17.7 Å². The summed E-state index contributed by atoms with van der Waals surface area (Å²) in [5, 5.41) is 156. The summed E-state index contributed by atoms with van der Waals surface area (Å²) in [5.41, 5.74) is 0. The largest absolute Gasteiger partial charge is 0.394 e. The molecule has 5 rings (SSSR count). The Hall–Kier alpha value is -2.51. The van der Waals surface area contributed by atoms with Crippen molar-refractivity contribution < 1.29 is 129 Å². The first-order chi connectivity index (χ1) is 30.7. The first-order valence-electron chi connectivity index (χ1n) is 20.6. The summed E-state index contributed by atoms with van der Waals surface area (Å²) in [4.78, 5) is 36.1. The quantitative estimate of drug-likeness (QED) is 0.0683. The molecule has 0 aromatic heterocycles. The lowest BCUT2D eigenvalue weighted by Crippen LogP contribution is -2.70. The second-order valence-corrected chi connectivity index (χ2v) is 16.2. The van der Waals surface area contributed by atoms with E-state index >= 15 is 0 Å². The van der Waals surface area contributed by atoms with Crippen LogP contribution in [0.5, 0.6) is 0 Å². The van der Waals surface area contributed by atoms with E-state index in [0.717, 1.165) is 20.8 Å². The van der Waals surface area contributed by atoms with E-state index in [0.29, 0.717) is 0 Å². The molecule has 0 spiro atoms. The van der Waals surface area contributed by atoms with Gasteiger partial charge >= 0.3 is 0 Å². The molecular formula is C36H61N3O26. The highest BCUT2D eigenvalue weighted by atomic mass is 16.8. The average molecular weight is 952 g/mol. The van der Waals surface area contributed by atoms with E-state index in [1.165, 1.54) is 0 Å². The van der Waals surface area contributed by atoms with Crippen LogP contribution in [-0.4, -0.2) is 276 Å². The number of carbonyl (C=O) groups excluding carboxylic acids is 3. The number of nitrogens with one attached hydrogen (secondary N) is 3. The van der Waals surface area contributed by atoms with Crippen molar-refractivity contribution in [2.24, 2.45) is 0 Å². The molecular weight excluding hydrogens is 890 g/mol. The predicted octanol–water partition coefficient (Wildman–Crippen LogP) is -11.5. The van der Waals surface area contributed by atoms with Crippen molar-refractivity contribution in [3.8, 4) is 0 Å². The van der Waals surface area contributed by atoms with Crippen LogP contribution in [0.4, 0.5) is 0 Å². The Kier molecular flexibility index (Phi) is 19.1. The number of rotatable bonds is 16. The summed E-state index contributed by atoms with van der Waals surface area (Å²) in [5.74, 6) is -2.19. The number of hydrogen-bond donors (Lipinski definition) is 17. The molecule has 0 aromatic rings. The van der Waals surface area contributed by atoms with Gasteiger partial charge in [-0.1, -0.05) is 0 Å². The van der Waals surface area contributed by atoms with Gasteiger partial charge in [-0.15, -0.1) is 0 Å². The van der Waals surface area contributed by atoms with Gasteiger partial charge in [-0.05, 0) is 0 Å². The van der Waals surface area contributed by atoms with Gasteiger partial charge in [0.25, 0.3) is 0 Å². The van der Waals surface area contributed by atoms with Crippen molar-refractivity contribution in [2.75, 3.05) is 33.0 Å². The van der Waals surface area contributed by atoms with Gasteiger partial charge in [0.15, 0.2) is 31.5 Å². The number of aliphatic hydroxyl groups excluding tert-OH is 14. The topological polar surface area (TPSA) is 454 Å². The van der Waals surface area contributed by atoms with Crippen LogP contribution >= 0.6 is 0 Å². The van der Waals surface area contributed by atoms with Crippen LogP contribution in [0, 0.1) is 0 Å². The van der Waals surface area contributed by atoms with Gasteiger partial charge in [0.05, 0.1) is 33.0 Å². The molecule has 0 bridgehead atoms. The van der Waals surface area contributed by atoms with Gasteiger partial charge in [-0.3, -0.25) is 14.4 Å². The minimum atomic E-state index is -2.11. The highest BCUT2D eigenvalue weighted by Gasteiger charge is 2.56. The number of hydrogen-bond acceptors (Lipinski definition) is 26. The van der Waals surface area contributed by atoms with Crippen molar-refractivity contribution in [3.63, 3.8) is 0 Å². The Bertz CT molecular complexity index is 1560. The monoisotopic (exact) mass is 951 g/mol. The zero-order valence-corrected chi connectivity index (χ0v) is 35.1. The Balaban J connectivity index is 1.34. The summed E-state index contributed by atoms with van der Waals surface area (Å²) < 4.78 is 51.5. The van der Waals surface area contributed by atoms with Crippen molar-refractivity contribution in [1.29, 1.82) is 0 Å². The molecule has 0 aliphatic carbocycles. The van der Waals surface area contributed by atoms with Crippen LogP contribution in [0.3, 0.4) is 0 Å². The fourth-order valence-electron chi connectivity index (χ4n) is 8.12. The first-order valence-corrected chi connectivity index (χ1v) is 20.6. The summed E-state index contributed by atoms with van der Waals surface area (Å²) >= 11 is 0. The summed E-state index contributed by atoms with van der Waals surface area (Å²) in [7, 11) is 0. The van der Waals surface area contributed by atoms with Gasteiger partial charge in [0, 0.05) is 20.8 Å². The predicted molar refractivity (Wildman–Crippen MR) is 201 cm³/mol. The maximum Gasteiger partial charge on any atom is 0.217 e. The minimum Gasteiger partial charge on any atom is -0.394 e. The molecule has 5 aliphatic rings. The molecule has 0 radical (unpaired) electrons. The molecule has 376 valence electrons. The average Bonchev–Trinajstić information content (AvgIpc) is 3.26. The van der Waals surface area contributed by atoms with Crippen LogP contribution in [0.1, 0.15) is 20.8 Å². The molecule has 5 heterocycles. The van der Waals surface area contributed by atoms with Crippen LogP contribution < -0.4 is 16.0 Å². The Morgan fingerprint density at radius 3 is 1.31 bits per heavy atom. The molecule has 5 aliphatic heterocycles. The summed E-state index contributed by atoms with van der Waals surface area (Å²) in [6, 6.07) is -4.68. The Morgan fingerprint density at radius 1 is 0.400 bits per heavy atom. The smallest absolute Gasteiger partial charge is 0.217 e. The highest BCUT2D eigenvalue weighted by molar-refractivity contribution is 5.74. The molecule has 5 fully saturated rings. The third kappa shape index (κ3) is 12.0. The zero-order valence-electron chi connectivity index (χ0n) is 35.1. The molecule has 29 heteroatoms. The fraction of sp³-hybridized carbons (Fsp3) is 0.917. The second kappa shape index (κ2) is 23.2. The number of ether oxygens (including phenoxy) is 9. The third-order valence-corrected chi connectivity index (χ3v) is 11.5. The minimum absolute atomic E-state index is 0.684. The van der Waals surface area contributed by atoms with E-state index in [-0.39, 0.29) is 0 Å².